The zero-order valence-electron chi connectivity index (χ0n) is 21.9. The molecule has 1 aromatic rings. The summed E-state index contributed by atoms with van der Waals surface area (Å²) < 4.78 is 0. The second-order valence-electron chi connectivity index (χ2n) is 7.76. The molecule has 1 rings (SSSR count). The van der Waals surface area contributed by atoms with Crippen molar-refractivity contribution >= 4 is 0 Å². The van der Waals surface area contributed by atoms with Gasteiger partial charge in [-0.1, -0.05) is 103 Å². The van der Waals surface area contributed by atoms with E-state index in [1.54, 1.807) is 6.20 Å². The Hall–Kier alpha value is 0.116. The first kappa shape index (κ1) is 37.4. The maximum Gasteiger partial charge on any atom is 1.00 e. The van der Waals surface area contributed by atoms with Crippen LogP contribution in [-0.2, 0) is 0 Å². The Morgan fingerprint density at radius 3 is 1.70 bits per heavy atom. The summed E-state index contributed by atoms with van der Waals surface area (Å²) in [5.41, 5.74) is 13.1. The van der Waals surface area contributed by atoms with Crippen LogP contribution in [0.5, 0.6) is 0 Å². The summed E-state index contributed by atoms with van der Waals surface area (Å²) in [7, 11) is 3.98. The molecule has 0 radical (unpaired) electrons. The fourth-order valence-electron chi connectivity index (χ4n) is 1.94. The molecule has 0 fully saturated rings. The molecular weight excluding hydrogens is 395 g/mol. The van der Waals surface area contributed by atoms with E-state index in [1.807, 2.05) is 44.1 Å². The molecule has 0 spiro atoms. The van der Waals surface area contributed by atoms with Crippen LogP contribution < -0.4 is 62.9 Å². The van der Waals surface area contributed by atoms with E-state index in [0.29, 0.717) is 18.5 Å². The molecule has 0 amide bonds. The molecule has 0 aliphatic carbocycles. The summed E-state index contributed by atoms with van der Waals surface area (Å²) in [6, 6.07) is 10.6. The van der Waals surface area contributed by atoms with Crippen LogP contribution in [0.1, 0.15) is 72.8 Å². The van der Waals surface area contributed by atoms with E-state index in [4.69, 9.17) is 11.5 Å². The molecule has 1 atom stereocenters. The van der Waals surface area contributed by atoms with E-state index < -0.39 is 0 Å². The van der Waals surface area contributed by atoms with Gasteiger partial charge in [-0.2, -0.15) is 0 Å². The summed E-state index contributed by atoms with van der Waals surface area (Å²) in [6.45, 7) is 16.6. The van der Waals surface area contributed by atoms with Crippen molar-refractivity contribution in [1.29, 1.82) is 0 Å². The van der Waals surface area contributed by atoms with Crippen molar-refractivity contribution in [2.45, 2.75) is 80.2 Å². The molecule has 30 heavy (non-hydrogen) atoms. The molecule has 0 saturated carbocycles. The minimum Gasteiger partial charge on any atom is -0.659 e. The number of hydrogen-bond donors (Lipinski definition) is 2. The maximum absolute atomic E-state index is 5.36. The monoisotopic (exact) mass is 446 g/mol. The number of unbranched alkanes of at least 4 members (excludes halogenated alkanes) is 2. The van der Waals surface area contributed by atoms with Gasteiger partial charge in [0.2, 0.25) is 0 Å². The van der Waals surface area contributed by atoms with Gasteiger partial charge in [-0.25, -0.2) is 0 Å². The average molecular weight is 447 g/mol. The number of benzene rings is 1. The topological polar surface area (TPSA) is 69.4 Å². The average Bonchev–Trinajstić information content (AvgIpc) is 2.69. The molecule has 0 bridgehead atoms. The fraction of sp³-hybridized carbons (Fsp3) is 0.680. The summed E-state index contributed by atoms with van der Waals surface area (Å²) in [4.78, 5) is 2.01. The number of allylic oxidation sites excluding steroid dienone is 1. The molecular formula is C25H51KN4. The molecule has 0 aromatic heterocycles. The van der Waals surface area contributed by atoms with E-state index in [0.717, 1.165) is 13.0 Å². The Morgan fingerprint density at radius 2 is 1.53 bits per heavy atom. The van der Waals surface area contributed by atoms with Crippen molar-refractivity contribution in [2.75, 3.05) is 27.2 Å². The molecule has 1 unspecified atom stereocenters. The van der Waals surface area contributed by atoms with Crippen molar-refractivity contribution in [3.05, 3.63) is 53.1 Å². The van der Waals surface area contributed by atoms with Crippen molar-refractivity contribution in [3.8, 4) is 0 Å². The zero-order valence-corrected chi connectivity index (χ0v) is 25.0. The van der Waals surface area contributed by atoms with Gasteiger partial charge < -0.3 is 21.7 Å². The van der Waals surface area contributed by atoms with Crippen LogP contribution >= 0.6 is 0 Å². The largest absolute Gasteiger partial charge is 1.00 e. The van der Waals surface area contributed by atoms with E-state index in [9.17, 15) is 0 Å². The standard InChI is InChI=1S/C7H17N2.C7H8.C6H14N2.C5H12.K/c1-6(2)5-9-7(3)4-8;1-7-5-3-2-4-6-7;1-4-6(5-7)8(2)3;1-3-5-4-2;/h6-7H,4-5,8H2,1-3H3;2-6H,1H3;5H,4,7H2,1-3H3;3-5H2,1-2H3;/q-1;;;;+1/b;;6-5-;;. The van der Waals surface area contributed by atoms with Gasteiger partial charge >= 0.3 is 51.4 Å². The Morgan fingerprint density at radius 1 is 1.03 bits per heavy atom. The third-order valence-electron chi connectivity index (χ3n) is 3.90. The number of nitrogens with two attached hydrogens (primary N) is 2. The predicted octanol–water partition coefficient (Wildman–Crippen LogP) is 3.32. The first-order valence-electron chi connectivity index (χ1n) is 11.2. The fourth-order valence-corrected chi connectivity index (χ4v) is 1.94. The first-order chi connectivity index (χ1) is 13.7. The molecule has 0 aliphatic heterocycles. The van der Waals surface area contributed by atoms with Gasteiger partial charge in [0.1, 0.15) is 0 Å². The Balaban J connectivity index is -0.000000151. The van der Waals surface area contributed by atoms with Gasteiger partial charge in [0.15, 0.2) is 0 Å². The Kier molecular flexibility index (Phi) is 36.3. The van der Waals surface area contributed by atoms with Crippen molar-refractivity contribution in [2.24, 2.45) is 17.4 Å². The minimum absolute atomic E-state index is 0. The van der Waals surface area contributed by atoms with E-state index in [-0.39, 0.29) is 51.4 Å². The second kappa shape index (κ2) is 29.1. The smallest absolute Gasteiger partial charge is 0.659 e. The Bertz CT molecular complexity index is 446. The van der Waals surface area contributed by atoms with Gasteiger partial charge in [0.05, 0.1) is 0 Å². The van der Waals surface area contributed by atoms with Crippen molar-refractivity contribution < 1.29 is 51.4 Å². The predicted molar refractivity (Wildman–Crippen MR) is 134 cm³/mol. The number of hydrogen-bond acceptors (Lipinski definition) is 3. The van der Waals surface area contributed by atoms with Crippen LogP contribution in [0.2, 0.25) is 0 Å². The van der Waals surface area contributed by atoms with Crippen LogP contribution in [0.4, 0.5) is 0 Å². The van der Waals surface area contributed by atoms with Gasteiger partial charge in [0.25, 0.3) is 0 Å². The van der Waals surface area contributed by atoms with E-state index >= 15 is 0 Å². The van der Waals surface area contributed by atoms with Crippen LogP contribution in [0.15, 0.2) is 42.2 Å². The number of aryl methyl sites for hydroxylation is 1. The summed E-state index contributed by atoms with van der Waals surface area (Å²) in [5.74, 6) is 0.666. The normalized spacial score (nSPS) is 10.8. The first-order valence-corrected chi connectivity index (χ1v) is 11.2. The van der Waals surface area contributed by atoms with Crippen molar-refractivity contribution in [1.82, 2.24) is 4.90 Å². The zero-order chi connectivity index (χ0) is 23.1. The van der Waals surface area contributed by atoms with Gasteiger partial charge in [-0.05, 0) is 19.9 Å². The molecule has 0 aliphatic rings. The molecule has 0 saturated heterocycles. The third kappa shape index (κ3) is 32.8. The van der Waals surface area contributed by atoms with Gasteiger partial charge in [-0.3, -0.25) is 0 Å². The van der Waals surface area contributed by atoms with Crippen LogP contribution in [-0.4, -0.2) is 38.1 Å². The summed E-state index contributed by atoms with van der Waals surface area (Å²) in [5, 5.41) is 4.32. The Labute approximate surface area is 232 Å². The van der Waals surface area contributed by atoms with E-state index in [1.165, 1.54) is 30.5 Å². The third-order valence-corrected chi connectivity index (χ3v) is 3.90. The SMILES string of the molecule is CC(C)C[N-]C(C)CN.CC/C(=C/N)N(C)C.CCCCC.Cc1ccccc1.[K+]. The molecule has 172 valence electrons. The number of nitrogens with zero attached hydrogens (tertiary/aromatic N) is 2. The molecule has 5 heteroatoms. The molecule has 1 aromatic carbocycles. The minimum atomic E-state index is 0. The molecule has 4 nitrogen and oxygen atoms in total. The van der Waals surface area contributed by atoms with Gasteiger partial charge in [0, 0.05) is 26.0 Å². The van der Waals surface area contributed by atoms with Gasteiger partial charge in [-0.15, -0.1) is 12.6 Å². The van der Waals surface area contributed by atoms with Crippen LogP contribution in [0.3, 0.4) is 0 Å². The quantitative estimate of drug-likeness (QED) is 0.602. The van der Waals surface area contributed by atoms with E-state index in [2.05, 4.69) is 59.0 Å². The van der Waals surface area contributed by atoms with Crippen LogP contribution in [0, 0.1) is 12.8 Å². The van der Waals surface area contributed by atoms with Crippen LogP contribution in [0.25, 0.3) is 5.32 Å². The molecule has 0 heterocycles. The maximum atomic E-state index is 5.36. The van der Waals surface area contributed by atoms with Crippen molar-refractivity contribution in [3.63, 3.8) is 0 Å². The second-order valence-corrected chi connectivity index (χ2v) is 7.76. The summed E-state index contributed by atoms with van der Waals surface area (Å²) >= 11 is 0. The number of rotatable bonds is 8. The molecule has 4 N–H and O–H groups in total. The summed E-state index contributed by atoms with van der Waals surface area (Å²) in [6.07, 6.45) is 6.72.